The van der Waals surface area contributed by atoms with Crippen LogP contribution in [0.25, 0.3) is 0 Å². The van der Waals surface area contributed by atoms with Gasteiger partial charge in [-0.25, -0.2) is 0 Å². The molecular formula is C20H23IN2O2. The number of hydrogen-bond acceptors (Lipinski definition) is 3. The number of carboxylic acid groups (broad SMARTS) is 1. The standard InChI is InChI=1S/C20H23IN2O2/c1-15-13-23(11-10-22(15)14-19(24)25)20(16-6-3-2-4-7-16)17-8-5-9-18(21)12-17/h2-9,12,15,20H,10-11,13-14H2,1H3,(H,24,25)/t15-,20?/m1/s1. The molecule has 132 valence electrons. The quantitative estimate of drug-likeness (QED) is 0.709. The van der Waals surface area contributed by atoms with Crippen molar-refractivity contribution in [2.75, 3.05) is 26.2 Å². The first kappa shape index (κ1) is 18.4. The van der Waals surface area contributed by atoms with Gasteiger partial charge in [0.2, 0.25) is 0 Å². The molecule has 5 heteroatoms. The van der Waals surface area contributed by atoms with Crippen LogP contribution in [-0.2, 0) is 4.79 Å². The summed E-state index contributed by atoms with van der Waals surface area (Å²) in [4.78, 5) is 15.6. The van der Waals surface area contributed by atoms with Gasteiger partial charge in [-0.3, -0.25) is 14.6 Å². The zero-order valence-electron chi connectivity index (χ0n) is 14.3. The van der Waals surface area contributed by atoms with Gasteiger partial charge in [-0.2, -0.15) is 0 Å². The third kappa shape index (κ3) is 4.59. The van der Waals surface area contributed by atoms with Gasteiger partial charge in [0.15, 0.2) is 0 Å². The predicted molar refractivity (Wildman–Crippen MR) is 108 cm³/mol. The fourth-order valence-electron chi connectivity index (χ4n) is 3.59. The van der Waals surface area contributed by atoms with Crippen LogP contribution in [0.2, 0.25) is 0 Å². The average molecular weight is 450 g/mol. The molecule has 3 rings (SSSR count). The van der Waals surface area contributed by atoms with Crippen molar-refractivity contribution in [2.24, 2.45) is 0 Å². The molecule has 1 aliphatic rings. The van der Waals surface area contributed by atoms with Gasteiger partial charge in [-0.05, 0) is 52.8 Å². The number of hydrogen-bond donors (Lipinski definition) is 1. The number of benzene rings is 2. The highest BCUT2D eigenvalue weighted by molar-refractivity contribution is 14.1. The van der Waals surface area contributed by atoms with E-state index in [2.05, 4.69) is 87.8 Å². The molecule has 0 aliphatic carbocycles. The van der Waals surface area contributed by atoms with E-state index in [1.807, 2.05) is 6.07 Å². The number of carboxylic acids is 1. The first-order valence-electron chi connectivity index (χ1n) is 8.55. The SMILES string of the molecule is C[C@@H]1CN(C(c2ccccc2)c2cccc(I)c2)CCN1CC(=O)O. The topological polar surface area (TPSA) is 43.8 Å². The van der Waals surface area contributed by atoms with Crippen LogP contribution in [0.1, 0.15) is 24.1 Å². The van der Waals surface area contributed by atoms with Gasteiger partial charge in [-0.15, -0.1) is 0 Å². The summed E-state index contributed by atoms with van der Waals surface area (Å²) in [6.07, 6.45) is 0. The smallest absolute Gasteiger partial charge is 0.317 e. The molecule has 2 aromatic rings. The minimum absolute atomic E-state index is 0.119. The molecular weight excluding hydrogens is 427 g/mol. The van der Waals surface area contributed by atoms with Crippen molar-refractivity contribution in [3.8, 4) is 0 Å². The number of nitrogens with zero attached hydrogens (tertiary/aromatic N) is 2. The summed E-state index contributed by atoms with van der Waals surface area (Å²) in [5.41, 5.74) is 2.57. The Morgan fingerprint density at radius 1 is 1.16 bits per heavy atom. The number of piperazine rings is 1. The lowest BCUT2D eigenvalue weighted by Crippen LogP contribution is -2.54. The second kappa shape index (κ2) is 8.29. The molecule has 25 heavy (non-hydrogen) atoms. The monoisotopic (exact) mass is 450 g/mol. The van der Waals surface area contributed by atoms with Crippen LogP contribution in [0.15, 0.2) is 54.6 Å². The van der Waals surface area contributed by atoms with Crippen molar-refractivity contribution in [3.63, 3.8) is 0 Å². The van der Waals surface area contributed by atoms with Crippen molar-refractivity contribution < 1.29 is 9.90 Å². The van der Waals surface area contributed by atoms with E-state index in [0.29, 0.717) is 0 Å². The Morgan fingerprint density at radius 2 is 1.88 bits per heavy atom. The highest BCUT2D eigenvalue weighted by Gasteiger charge is 2.30. The Kier molecular flexibility index (Phi) is 6.09. The molecule has 0 saturated carbocycles. The van der Waals surface area contributed by atoms with E-state index in [1.165, 1.54) is 14.7 Å². The molecule has 1 aliphatic heterocycles. The van der Waals surface area contributed by atoms with Gasteiger partial charge in [0.25, 0.3) is 0 Å². The lowest BCUT2D eigenvalue weighted by atomic mass is 9.95. The normalized spacial score (nSPS) is 20.3. The van der Waals surface area contributed by atoms with Crippen molar-refractivity contribution >= 4 is 28.6 Å². The zero-order valence-corrected chi connectivity index (χ0v) is 16.5. The number of carbonyl (C=O) groups is 1. The number of aliphatic carboxylic acids is 1. The first-order chi connectivity index (χ1) is 12.0. The Labute approximate surface area is 162 Å². The fourth-order valence-corrected chi connectivity index (χ4v) is 4.16. The van der Waals surface area contributed by atoms with Crippen LogP contribution in [0.4, 0.5) is 0 Å². The van der Waals surface area contributed by atoms with Crippen LogP contribution >= 0.6 is 22.6 Å². The summed E-state index contributed by atoms with van der Waals surface area (Å²) in [7, 11) is 0. The lowest BCUT2D eigenvalue weighted by molar-refractivity contribution is -0.139. The second-order valence-electron chi connectivity index (χ2n) is 6.58. The molecule has 4 nitrogen and oxygen atoms in total. The van der Waals surface area contributed by atoms with Crippen LogP contribution in [-0.4, -0.2) is 53.1 Å². The Hall–Kier alpha value is -1.44. The zero-order chi connectivity index (χ0) is 17.8. The van der Waals surface area contributed by atoms with E-state index in [0.717, 1.165) is 19.6 Å². The summed E-state index contributed by atoms with van der Waals surface area (Å²) in [5, 5.41) is 9.09. The van der Waals surface area contributed by atoms with Crippen LogP contribution < -0.4 is 0 Å². The molecule has 1 heterocycles. The number of rotatable bonds is 5. The largest absolute Gasteiger partial charge is 0.480 e. The molecule has 0 spiro atoms. The maximum atomic E-state index is 11.1. The third-order valence-electron chi connectivity index (χ3n) is 4.78. The van der Waals surface area contributed by atoms with Crippen molar-refractivity contribution in [2.45, 2.75) is 19.0 Å². The predicted octanol–water partition coefficient (Wildman–Crippen LogP) is 3.47. The number of halogens is 1. The highest BCUT2D eigenvalue weighted by atomic mass is 127. The van der Waals surface area contributed by atoms with Gasteiger partial charge in [0.1, 0.15) is 0 Å². The lowest BCUT2D eigenvalue weighted by Gasteiger charge is -2.43. The summed E-state index contributed by atoms with van der Waals surface area (Å²) >= 11 is 2.36. The highest BCUT2D eigenvalue weighted by Crippen LogP contribution is 2.31. The summed E-state index contributed by atoms with van der Waals surface area (Å²) < 4.78 is 1.23. The van der Waals surface area contributed by atoms with Crippen LogP contribution in [0.5, 0.6) is 0 Å². The van der Waals surface area contributed by atoms with Gasteiger partial charge < -0.3 is 5.11 Å². The fraction of sp³-hybridized carbons (Fsp3) is 0.350. The maximum Gasteiger partial charge on any atom is 0.317 e. The van der Waals surface area contributed by atoms with Gasteiger partial charge in [-0.1, -0.05) is 42.5 Å². The Morgan fingerprint density at radius 3 is 2.52 bits per heavy atom. The van der Waals surface area contributed by atoms with Crippen molar-refractivity contribution in [1.29, 1.82) is 0 Å². The molecule has 1 saturated heterocycles. The molecule has 2 aromatic carbocycles. The summed E-state index contributed by atoms with van der Waals surface area (Å²) in [5.74, 6) is -0.752. The van der Waals surface area contributed by atoms with Crippen molar-refractivity contribution in [3.05, 3.63) is 69.3 Å². The van der Waals surface area contributed by atoms with E-state index in [9.17, 15) is 4.79 Å². The average Bonchev–Trinajstić information content (AvgIpc) is 2.58. The molecule has 2 atom stereocenters. The molecule has 0 aromatic heterocycles. The molecule has 0 amide bonds. The van der Waals surface area contributed by atoms with Gasteiger partial charge in [0.05, 0.1) is 12.6 Å². The van der Waals surface area contributed by atoms with E-state index in [1.54, 1.807) is 0 Å². The molecule has 0 bridgehead atoms. The van der Waals surface area contributed by atoms with Crippen LogP contribution in [0, 0.1) is 3.57 Å². The summed E-state index contributed by atoms with van der Waals surface area (Å²) in [6, 6.07) is 19.6. The third-order valence-corrected chi connectivity index (χ3v) is 5.45. The van der Waals surface area contributed by atoms with Gasteiger partial charge >= 0.3 is 5.97 Å². The minimum atomic E-state index is -0.752. The minimum Gasteiger partial charge on any atom is -0.480 e. The summed E-state index contributed by atoms with van der Waals surface area (Å²) in [6.45, 7) is 4.74. The second-order valence-corrected chi connectivity index (χ2v) is 7.82. The van der Waals surface area contributed by atoms with Crippen LogP contribution in [0.3, 0.4) is 0 Å². The van der Waals surface area contributed by atoms with E-state index in [4.69, 9.17) is 5.11 Å². The maximum absolute atomic E-state index is 11.1. The van der Waals surface area contributed by atoms with E-state index < -0.39 is 5.97 Å². The molecule has 0 radical (unpaired) electrons. The molecule has 1 N–H and O–H groups in total. The van der Waals surface area contributed by atoms with E-state index in [-0.39, 0.29) is 18.6 Å². The first-order valence-corrected chi connectivity index (χ1v) is 9.63. The van der Waals surface area contributed by atoms with Gasteiger partial charge in [0, 0.05) is 29.2 Å². The molecule has 1 unspecified atom stereocenters. The van der Waals surface area contributed by atoms with Crippen molar-refractivity contribution in [1.82, 2.24) is 9.80 Å². The Balaban J connectivity index is 1.87. The molecule has 1 fully saturated rings. The Bertz CT molecular complexity index is 723. The van der Waals surface area contributed by atoms with E-state index >= 15 is 0 Å².